The molecule has 5 heteroatoms. The van der Waals surface area contributed by atoms with Crippen molar-refractivity contribution in [3.05, 3.63) is 29.8 Å². The SMILES string of the molecule is CC(Oc1ccc(C=O)cc1)OC(F)F. The molecular weight excluding hydrogens is 206 g/mol. The van der Waals surface area contributed by atoms with E-state index in [9.17, 15) is 13.6 Å². The van der Waals surface area contributed by atoms with Gasteiger partial charge in [-0.05, 0) is 31.2 Å². The van der Waals surface area contributed by atoms with Gasteiger partial charge in [-0.2, -0.15) is 8.78 Å². The van der Waals surface area contributed by atoms with Crippen LogP contribution in [0.15, 0.2) is 24.3 Å². The summed E-state index contributed by atoms with van der Waals surface area (Å²) in [6, 6.07) is 6.07. The van der Waals surface area contributed by atoms with Crippen molar-refractivity contribution in [2.24, 2.45) is 0 Å². The highest BCUT2D eigenvalue weighted by Gasteiger charge is 2.10. The molecule has 0 heterocycles. The fourth-order valence-corrected chi connectivity index (χ4v) is 0.989. The molecule has 15 heavy (non-hydrogen) atoms. The quantitative estimate of drug-likeness (QED) is 0.560. The van der Waals surface area contributed by atoms with Gasteiger partial charge in [0.05, 0.1) is 0 Å². The van der Waals surface area contributed by atoms with Crippen molar-refractivity contribution in [2.45, 2.75) is 19.8 Å². The van der Waals surface area contributed by atoms with E-state index in [1.807, 2.05) is 0 Å². The Balaban J connectivity index is 2.53. The standard InChI is InChI=1S/C10H10F2O3/c1-7(15-10(11)12)14-9-4-2-8(6-13)3-5-9/h2-7,10H,1H3. The van der Waals surface area contributed by atoms with Crippen LogP contribution in [-0.4, -0.2) is 19.2 Å². The number of carbonyl (C=O) groups is 1. The lowest BCUT2D eigenvalue weighted by Gasteiger charge is -2.14. The topological polar surface area (TPSA) is 35.5 Å². The van der Waals surface area contributed by atoms with Crippen molar-refractivity contribution in [1.82, 2.24) is 0 Å². The minimum absolute atomic E-state index is 0.369. The molecule has 0 fully saturated rings. The van der Waals surface area contributed by atoms with Crippen molar-refractivity contribution in [3.8, 4) is 5.75 Å². The molecule has 82 valence electrons. The first kappa shape index (κ1) is 11.6. The van der Waals surface area contributed by atoms with Crippen molar-refractivity contribution in [1.29, 1.82) is 0 Å². The first-order chi connectivity index (χ1) is 7.11. The molecule has 0 aromatic heterocycles. The van der Waals surface area contributed by atoms with Crippen LogP contribution < -0.4 is 4.74 Å². The Hall–Kier alpha value is -1.49. The summed E-state index contributed by atoms with van der Waals surface area (Å²) in [5.41, 5.74) is 0.491. The van der Waals surface area contributed by atoms with E-state index in [-0.39, 0.29) is 0 Å². The number of hydrogen-bond donors (Lipinski definition) is 0. The average Bonchev–Trinajstić information content (AvgIpc) is 2.17. The molecule has 1 aromatic carbocycles. The number of rotatable bonds is 5. The van der Waals surface area contributed by atoms with Gasteiger partial charge in [-0.3, -0.25) is 9.53 Å². The zero-order valence-corrected chi connectivity index (χ0v) is 8.02. The lowest BCUT2D eigenvalue weighted by molar-refractivity contribution is -0.210. The van der Waals surface area contributed by atoms with E-state index in [0.29, 0.717) is 17.6 Å². The zero-order valence-electron chi connectivity index (χ0n) is 8.02. The molecule has 0 radical (unpaired) electrons. The van der Waals surface area contributed by atoms with Crippen molar-refractivity contribution in [3.63, 3.8) is 0 Å². The van der Waals surface area contributed by atoms with Crippen LogP contribution in [0.5, 0.6) is 5.75 Å². The molecule has 0 aliphatic heterocycles. The Morgan fingerprint density at radius 1 is 1.27 bits per heavy atom. The van der Waals surface area contributed by atoms with Crippen molar-refractivity contribution >= 4 is 6.29 Å². The van der Waals surface area contributed by atoms with Gasteiger partial charge < -0.3 is 4.74 Å². The summed E-state index contributed by atoms with van der Waals surface area (Å²) < 4.78 is 32.6. The molecule has 0 saturated carbocycles. The summed E-state index contributed by atoms with van der Waals surface area (Å²) in [6.45, 7) is -1.51. The van der Waals surface area contributed by atoms with Crippen LogP contribution in [-0.2, 0) is 4.74 Å². The van der Waals surface area contributed by atoms with Gasteiger partial charge >= 0.3 is 6.61 Å². The number of ether oxygens (including phenoxy) is 2. The molecule has 0 N–H and O–H groups in total. The number of alkyl halides is 2. The van der Waals surface area contributed by atoms with Crippen LogP contribution in [0.25, 0.3) is 0 Å². The molecule has 0 saturated heterocycles. The predicted octanol–water partition coefficient (Wildman–Crippen LogP) is 2.46. The second kappa shape index (κ2) is 5.41. The third kappa shape index (κ3) is 4.03. The third-order valence-electron chi connectivity index (χ3n) is 1.61. The summed E-state index contributed by atoms with van der Waals surface area (Å²) >= 11 is 0. The molecule has 0 amide bonds. The van der Waals surface area contributed by atoms with Gasteiger partial charge in [-0.1, -0.05) is 0 Å². The number of hydrogen-bond acceptors (Lipinski definition) is 3. The van der Waals surface area contributed by atoms with Gasteiger partial charge in [0, 0.05) is 5.56 Å². The maximum atomic E-state index is 11.8. The summed E-state index contributed by atoms with van der Waals surface area (Å²) in [7, 11) is 0. The van der Waals surface area contributed by atoms with Gasteiger partial charge in [0.1, 0.15) is 12.0 Å². The number of benzene rings is 1. The third-order valence-corrected chi connectivity index (χ3v) is 1.61. The van der Waals surface area contributed by atoms with Crippen LogP contribution >= 0.6 is 0 Å². The normalized spacial score (nSPS) is 12.5. The summed E-state index contributed by atoms with van der Waals surface area (Å²) in [4.78, 5) is 10.3. The summed E-state index contributed by atoms with van der Waals surface area (Å²) in [6.07, 6.45) is -0.352. The van der Waals surface area contributed by atoms with Gasteiger partial charge in [0.2, 0.25) is 6.29 Å². The first-order valence-electron chi connectivity index (χ1n) is 4.27. The highest BCUT2D eigenvalue weighted by Crippen LogP contribution is 2.14. The average molecular weight is 216 g/mol. The van der Waals surface area contributed by atoms with E-state index in [0.717, 1.165) is 0 Å². The first-order valence-corrected chi connectivity index (χ1v) is 4.27. The highest BCUT2D eigenvalue weighted by atomic mass is 19.3. The zero-order chi connectivity index (χ0) is 11.3. The number of aldehydes is 1. The van der Waals surface area contributed by atoms with Gasteiger partial charge in [0.15, 0.2) is 0 Å². The Labute approximate surface area is 85.6 Å². The highest BCUT2D eigenvalue weighted by molar-refractivity contribution is 5.74. The number of halogens is 2. The van der Waals surface area contributed by atoms with Crippen LogP contribution in [0.3, 0.4) is 0 Å². The molecule has 1 rings (SSSR count). The summed E-state index contributed by atoms with van der Waals surface area (Å²) in [5, 5.41) is 0. The maximum Gasteiger partial charge on any atom is 0.348 e. The molecule has 1 atom stereocenters. The van der Waals surface area contributed by atoms with Crippen LogP contribution in [0, 0.1) is 0 Å². The van der Waals surface area contributed by atoms with E-state index in [2.05, 4.69) is 4.74 Å². The fraction of sp³-hybridized carbons (Fsp3) is 0.300. The minimum atomic E-state index is -2.87. The maximum absolute atomic E-state index is 11.8. The smallest absolute Gasteiger partial charge is 0.348 e. The Morgan fingerprint density at radius 3 is 2.33 bits per heavy atom. The predicted molar refractivity (Wildman–Crippen MR) is 49.0 cm³/mol. The van der Waals surface area contributed by atoms with Gasteiger partial charge in [-0.25, -0.2) is 0 Å². The van der Waals surface area contributed by atoms with Crippen LogP contribution in [0.2, 0.25) is 0 Å². The number of carbonyl (C=O) groups excluding carboxylic acids is 1. The molecule has 1 unspecified atom stereocenters. The Morgan fingerprint density at radius 2 is 1.87 bits per heavy atom. The van der Waals surface area contributed by atoms with Crippen molar-refractivity contribution in [2.75, 3.05) is 0 Å². The molecular formula is C10H10F2O3. The van der Waals surface area contributed by atoms with Crippen LogP contribution in [0.4, 0.5) is 8.78 Å². The molecule has 0 aliphatic rings. The minimum Gasteiger partial charge on any atom is -0.465 e. The summed E-state index contributed by atoms with van der Waals surface area (Å²) in [5.74, 6) is 0.369. The Kier molecular flexibility index (Phi) is 4.17. The molecule has 0 bridgehead atoms. The fourth-order valence-electron chi connectivity index (χ4n) is 0.989. The second-order valence-electron chi connectivity index (χ2n) is 2.77. The van der Waals surface area contributed by atoms with Gasteiger partial charge in [0.25, 0.3) is 0 Å². The van der Waals surface area contributed by atoms with E-state index in [4.69, 9.17) is 4.74 Å². The van der Waals surface area contributed by atoms with Gasteiger partial charge in [-0.15, -0.1) is 0 Å². The van der Waals surface area contributed by atoms with E-state index >= 15 is 0 Å². The van der Waals surface area contributed by atoms with E-state index < -0.39 is 12.9 Å². The molecule has 3 nitrogen and oxygen atoms in total. The van der Waals surface area contributed by atoms with Crippen molar-refractivity contribution < 1.29 is 23.0 Å². The van der Waals surface area contributed by atoms with E-state index in [1.54, 1.807) is 0 Å². The lowest BCUT2D eigenvalue weighted by Crippen LogP contribution is -2.19. The lowest BCUT2D eigenvalue weighted by atomic mass is 10.2. The molecule has 1 aromatic rings. The monoisotopic (exact) mass is 216 g/mol. The largest absolute Gasteiger partial charge is 0.465 e. The Bertz CT molecular complexity index is 311. The molecule has 0 spiro atoms. The molecule has 0 aliphatic carbocycles. The van der Waals surface area contributed by atoms with Crippen LogP contribution in [0.1, 0.15) is 17.3 Å². The van der Waals surface area contributed by atoms with E-state index in [1.165, 1.54) is 31.2 Å². The second-order valence-corrected chi connectivity index (χ2v) is 2.77.